The van der Waals surface area contributed by atoms with Gasteiger partial charge < -0.3 is 14.8 Å². The fourth-order valence-corrected chi connectivity index (χ4v) is 1.62. The number of imide groups is 1. The maximum atomic E-state index is 12.0. The smallest absolute Gasteiger partial charge is 0.411 e. The van der Waals surface area contributed by atoms with Gasteiger partial charge in [0.05, 0.1) is 12.2 Å². The van der Waals surface area contributed by atoms with Crippen LogP contribution in [-0.4, -0.2) is 50.0 Å². The second-order valence-electron chi connectivity index (χ2n) is 5.23. The molecule has 0 saturated heterocycles. The summed E-state index contributed by atoms with van der Waals surface area (Å²) in [6, 6.07) is 3.61. The molecule has 7 nitrogen and oxygen atoms in total. The monoisotopic (exact) mass is 416 g/mol. The van der Waals surface area contributed by atoms with E-state index in [1.54, 1.807) is 0 Å². The molecule has 156 valence electrons. The van der Waals surface area contributed by atoms with Gasteiger partial charge in [0.25, 0.3) is 5.91 Å². The summed E-state index contributed by atoms with van der Waals surface area (Å²) in [4.78, 5) is 34.1. The van der Waals surface area contributed by atoms with Gasteiger partial charge >= 0.3 is 24.4 Å². The summed E-state index contributed by atoms with van der Waals surface area (Å²) >= 11 is 0. The Labute approximate surface area is 154 Å². The Bertz CT molecular complexity index is 688. The summed E-state index contributed by atoms with van der Waals surface area (Å²) in [5.41, 5.74) is 0.300. The Hall–Kier alpha value is -2.83. The molecule has 0 aliphatic heterocycles. The first-order valence-corrected chi connectivity index (χ1v) is 7.41. The van der Waals surface area contributed by atoms with Gasteiger partial charge in [-0.05, 0) is 17.7 Å². The van der Waals surface area contributed by atoms with Crippen LogP contribution in [0.3, 0.4) is 0 Å². The van der Waals surface area contributed by atoms with Gasteiger partial charge in [0.2, 0.25) is 0 Å². The average molecular weight is 416 g/mol. The van der Waals surface area contributed by atoms with Crippen molar-refractivity contribution in [3.8, 4) is 0 Å². The topological polar surface area (TPSA) is 93.7 Å². The van der Waals surface area contributed by atoms with Crippen molar-refractivity contribution in [2.45, 2.75) is 19.0 Å². The summed E-state index contributed by atoms with van der Waals surface area (Å²) in [7, 11) is 0. The molecule has 0 aliphatic carbocycles. The highest BCUT2D eigenvalue weighted by atomic mass is 19.4. The van der Waals surface area contributed by atoms with E-state index < -0.39 is 50.0 Å². The quantitative estimate of drug-likeness (QED) is 0.526. The fourth-order valence-electron chi connectivity index (χ4n) is 1.62. The number of esters is 1. The zero-order valence-corrected chi connectivity index (χ0v) is 13.9. The van der Waals surface area contributed by atoms with Gasteiger partial charge in [0, 0.05) is 0 Å². The highest BCUT2D eigenvalue weighted by Crippen LogP contribution is 2.16. The Kier molecular flexibility index (Phi) is 8.22. The molecule has 0 bridgehead atoms. The van der Waals surface area contributed by atoms with E-state index >= 15 is 0 Å². The number of alkyl halides is 6. The molecular weight excluding hydrogens is 402 g/mol. The zero-order chi connectivity index (χ0) is 21.4. The molecule has 2 N–H and O–H groups in total. The number of benzene rings is 1. The van der Waals surface area contributed by atoms with E-state index in [1.165, 1.54) is 34.9 Å². The fraction of sp³-hybridized carbons (Fsp3) is 0.400. The minimum Gasteiger partial charge on any atom is -0.452 e. The van der Waals surface area contributed by atoms with E-state index in [2.05, 4.69) is 9.47 Å². The Morgan fingerprint density at radius 2 is 1.54 bits per heavy atom. The van der Waals surface area contributed by atoms with Crippen LogP contribution in [-0.2, 0) is 20.9 Å². The largest absolute Gasteiger partial charge is 0.452 e. The van der Waals surface area contributed by atoms with Crippen molar-refractivity contribution in [2.75, 3.05) is 19.8 Å². The van der Waals surface area contributed by atoms with Crippen LogP contribution in [0.5, 0.6) is 0 Å². The predicted octanol–water partition coefficient (Wildman–Crippen LogP) is 2.31. The molecule has 1 aromatic carbocycles. The molecule has 0 saturated carbocycles. The molecule has 0 aliphatic rings. The van der Waals surface area contributed by atoms with Crippen LogP contribution < -0.4 is 10.6 Å². The third-order valence-electron chi connectivity index (χ3n) is 2.76. The lowest BCUT2D eigenvalue weighted by molar-refractivity contribution is -0.176. The first-order chi connectivity index (χ1) is 12.9. The van der Waals surface area contributed by atoms with Crippen LogP contribution in [0.4, 0.5) is 31.1 Å². The van der Waals surface area contributed by atoms with Crippen LogP contribution in [0.2, 0.25) is 0 Å². The van der Waals surface area contributed by atoms with E-state index in [1.807, 2.05) is 0 Å². The van der Waals surface area contributed by atoms with Crippen LogP contribution in [0.15, 0.2) is 24.3 Å². The second-order valence-corrected chi connectivity index (χ2v) is 5.23. The first-order valence-electron chi connectivity index (χ1n) is 7.41. The first kappa shape index (κ1) is 23.2. The zero-order valence-electron chi connectivity index (χ0n) is 13.9. The molecular formula is C15H14F6N2O5. The van der Waals surface area contributed by atoms with Crippen molar-refractivity contribution in [1.82, 2.24) is 10.6 Å². The van der Waals surface area contributed by atoms with Gasteiger partial charge in [-0.25, -0.2) is 9.59 Å². The van der Waals surface area contributed by atoms with Gasteiger partial charge in [-0.1, -0.05) is 12.1 Å². The van der Waals surface area contributed by atoms with Crippen molar-refractivity contribution < 1.29 is 50.2 Å². The maximum Gasteiger partial charge on any atom is 0.411 e. The molecule has 28 heavy (non-hydrogen) atoms. The maximum absolute atomic E-state index is 12.0. The van der Waals surface area contributed by atoms with Crippen molar-refractivity contribution in [3.05, 3.63) is 35.4 Å². The SMILES string of the molecule is O=C(COC(=O)c1ccc(COCC(F)(F)F)cc1)NC(=O)NCC(F)(F)F. The van der Waals surface area contributed by atoms with Gasteiger partial charge in [0.1, 0.15) is 13.2 Å². The summed E-state index contributed by atoms with van der Waals surface area (Å²) in [5, 5.41) is 2.92. The van der Waals surface area contributed by atoms with Crippen LogP contribution >= 0.6 is 0 Å². The van der Waals surface area contributed by atoms with Crippen LogP contribution in [0.25, 0.3) is 0 Å². The number of carbonyl (C=O) groups excluding carboxylic acids is 3. The third kappa shape index (κ3) is 10.4. The summed E-state index contributed by atoms with van der Waals surface area (Å²) < 4.78 is 80.6. The minimum absolute atomic E-state index is 0.0473. The summed E-state index contributed by atoms with van der Waals surface area (Å²) in [5.74, 6) is -2.15. The lowest BCUT2D eigenvalue weighted by Crippen LogP contribution is -2.44. The van der Waals surface area contributed by atoms with Crippen molar-refractivity contribution in [1.29, 1.82) is 0 Å². The molecule has 0 unspecified atom stereocenters. The van der Waals surface area contributed by atoms with E-state index in [4.69, 9.17) is 0 Å². The molecule has 0 fully saturated rings. The molecule has 0 heterocycles. The van der Waals surface area contributed by atoms with E-state index in [-0.39, 0.29) is 12.2 Å². The Balaban J connectivity index is 2.38. The molecule has 0 radical (unpaired) electrons. The lowest BCUT2D eigenvalue weighted by Gasteiger charge is -2.10. The van der Waals surface area contributed by atoms with Crippen molar-refractivity contribution >= 4 is 17.9 Å². The number of nitrogens with one attached hydrogen (secondary N) is 2. The Morgan fingerprint density at radius 1 is 0.929 bits per heavy atom. The molecule has 0 spiro atoms. The number of hydrogen-bond donors (Lipinski definition) is 2. The van der Waals surface area contributed by atoms with Gasteiger partial charge in [-0.3, -0.25) is 10.1 Å². The highest BCUT2D eigenvalue weighted by Gasteiger charge is 2.28. The molecule has 1 rings (SSSR count). The van der Waals surface area contributed by atoms with E-state index in [0.29, 0.717) is 5.56 Å². The Morgan fingerprint density at radius 3 is 2.07 bits per heavy atom. The number of rotatable bonds is 7. The number of ether oxygens (including phenoxy) is 2. The standard InChI is InChI=1S/C15H14F6N2O5/c16-14(17,18)7-22-13(26)23-11(24)6-28-12(25)10-3-1-9(2-4-10)5-27-8-15(19,20)21/h1-4H,5-8H2,(H2,22,23,24,26). The molecule has 0 atom stereocenters. The third-order valence-corrected chi connectivity index (χ3v) is 2.76. The summed E-state index contributed by atoms with van der Waals surface area (Å²) in [6.45, 7) is -4.35. The average Bonchev–Trinajstić information content (AvgIpc) is 2.57. The number of carbonyl (C=O) groups is 3. The molecule has 1 aromatic rings. The lowest BCUT2D eigenvalue weighted by atomic mass is 10.1. The van der Waals surface area contributed by atoms with Crippen molar-refractivity contribution in [3.63, 3.8) is 0 Å². The van der Waals surface area contributed by atoms with Gasteiger partial charge in [0.15, 0.2) is 6.61 Å². The molecule has 0 aromatic heterocycles. The number of amides is 3. The summed E-state index contributed by atoms with van der Waals surface area (Å²) in [6.07, 6.45) is -9.12. The predicted molar refractivity (Wildman–Crippen MR) is 80.0 cm³/mol. The van der Waals surface area contributed by atoms with E-state index in [0.717, 1.165) is 0 Å². The van der Waals surface area contributed by atoms with Gasteiger partial charge in [-0.2, -0.15) is 26.3 Å². The second kappa shape index (κ2) is 9.92. The number of urea groups is 1. The van der Waals surface area contributed by atoms with Crippen LogP contribution in [0.1, 0.15) is 15.9 Å². The minimum atomic E-state index is -4.66. The van der Waals surface area contributed by atoms with Crippen LogP contribution in [0, 0.1) is 0 Å². The molecule has 13 heteroatoms. The van der Waals surface area contributed by atoms with Crippen molar-refractivity contribution in [2.24, 2.45) is 0 Å². The molecule has 3 amide bonds. The number of halogens is 6. The normalized spacial score (nSPS) is 11.6. The van der Waals surface area contributed by atoms with E-state index in [9.17, 15) is 40.7 Å². The van der Waals surface area contributed by atoms with Gasteiger partial charge in [-0.15, -0.1) is 0 Å². The number of hydrogen-bond acceptors (Lipinski definition) is 5. The highest BCUT2D eigenvalue weighted by molar-refractivity contribution is 5.97.